The number of fused-ring (bicyclic) bond motifs is 1. The standard InChI is InChI=1S/C22H24FN3O4/c1-3-11-25-18-6-4-5-7-19(18)26(22(25)29)12-10-21(28)30-14-20(27)24-16-9-8-15(2)17(23)13-16/h4-9,13H,3,10-12,14H2,1-2H3,(H,24,27). The quantitative estimate of drug-likeness (QED) is 0.575. The number of aryl methyl sites for hydroxylation is 3. The van der Waals surface area contributed by atoms with Crippen LogP contribution in [0, 0.1) is 12.7 Å². The van der Waals surface area contributed by atoms with Crippen molar-refractivity contribution in [3.8, 4) is 0 Å². The van der Waals surface area contributed by atoms with Crippen molar-refractivity contribution in [1.29, 1.82) is 0 Å². The summed E-state index contributed by atoms with van der Waals surface area (Å²) in [7, 11) is 0. The van der Waals surface area contributed by atoms with Crippen LogP contribution >= 0.6 is 0 Å². The van der Waals surface area contributed by atoms with E-state index in [9.17, 15) is 18.8 Å². The SMILES string of the molecule is CCCn1c(=O)n(CCC(=O)OCC(=O)Nc2ccc(C)c(F)c2)c2ccccc21. The Morgan fingerprint density at radius 3 is 2.37 bits per heavy atom. The Morgan fingerprint density at radius 2 is 1.73 bits per heavy atom. The van der Waals surface area contributed by atoms with E-state index in [0.29, 0.717) is 12.1 Å². The highest BCUT2D eigenvalue weighted by atomic mass is 19.1. The molecule has 1 amide bonds. The minimum absolute atomic E-state index is 0.0491. The zero-order valence-electron chi connectivity index (χ0n) is 17.0. The molecule has 0 unspecified atom stereocenters. The van der Waals surface area contributed by atoms with Gasteiger partial charge in [0.05, 0.1) is 17.5 Å². The molecule has 7 nitrogen and oxygen atoms in total. The van der Waals surface area contributed by atoms with Crippen molar-refractivity contribution in [3.63, 3.8) is 0 Å². The van der Waals surface area contributed by atoms with E-state index in [4.69, 9.17) is 4.74 Å². The Bertz CT molecular complexity index is 1130. The molecular formula is C22H24FN3O4. The number of hydrogen-bond donors (Lipinski definition) is 1. The van der Waals surface area contributed by atoms with E-state index in [1.54, 1.807) is 28.2 Å². The number of esters is 1. The molecule has 158 valence electrons. The van der Waals surface area contributed by atoms with Crippen LogP contribution in [0.1, 0.15) is 25.3 Å². The highest BCUT2D eigenvalue weighted by Crippen LogP contribution is 2.15. The monoisotopic (exact) mass is 413 g/mol. The Hall–Kier alpha value is -3.42. The summed E-state index contributed by atoms with van der Waals surface area (Å²) in [4.78, 5) is 36.7. The lowest BCUT2D eigenvalue weighted by Gasteiger charge is -2.08. The molecule has 0 aliphatic heterocycles. The van der Waals surface area contributed by atoms with Crippen LogP contribution < -0.4 is 11.0 Å². The number of hydrogen-bond acceptors (Lipinski definition) is 4. The molecule has 0 fully saturated rings. The van der Waals surface area contributed by atoms with E-state index in [-0.39, 0.29) is 24.3 Å². The molecule has 8 heteroatoms. The van der Waals surface area contributed by atoms with E-state index >= 15 is 0 Å². The molecule has 0 saturated heterocycles. The number of rotatable bonds is 8. The first kappa shape index (κ1) is 21.3. The van der Waals surface area contributed by atoms with Crippen LogP contribution in [-0.2, 0) is 27.4 Å². The Balaban J connectivity index is 1.57. The third-order valence-corrected chi connectivity index (χ3v) is 4.73. The first-order valence-corrected chi connectivity index (χ1v) is 9.80. The fourth-order valence-electron chi connectivity index (χ4n) is 3.22. The Morgan fingerprint density at radius 1 is 1.07 bits per heavy atom. The number of carbonyl (C=O) groups is 2. The summed E-state index contributed by atoms with van der Waals surface area (Å²) in [5, 5.41) is 2.48. The molecule has 0 bridgehead atoms. The number of ether oxygens (including phenoxy) is 1. The molecule has 3 aromatic rings. The number of carbonyl (C=O) groups excluding carboxylic acids is 2. The van der Waals surface area contributed by atoms with Crippen LogP contribution in [0.25, 0.3) is 11.0 Å². The summed E-state index contributed by atoms with van der Waals surface area (Å²) in [6, 6.07) is 11.7. The van der Waals surface area contributed by atoms with Crippen molar-refractivity contribution in [1.82, 2.24) is 9.13 Å². The van der Waals surface area contributed by atoms with Gasteiger partial charge in [-0.1, -0.05) is 25.1 Å². The van der Waals surface area contributed by atoms with Crippen molar-refractivity contribution in [2.45, 2.75) is 39.8 Å². The van der Waals surface area contributed by atoms with Crippen LogP contribution in [0.5, 0.6) is 0 Å². The maximum atomic E-state index is 13.5. The fraction of sp³-hybridized carbons (Fsp3) is 0.318. The lowest BCUT2D eigenvalue weighted by Crippen LogP contribution is -2.26. The van der Waals surface area contributed by atoms with Gasteiger partial charge in [0.2, 0.25) is 0 Å². The smallest absolute Gasteiger partial charge is 0.329 e. The number of halogens is 1. The molecule has 0 radical (unpaired) electrons. The molecule has 0 atom stereocenters. The minimum atomic E-state index is -0.598. The summed E-state index contributed by atoms with van der Waals surface area (Å²) in [5.74, 6) is -1.60. The summed E-state index contributed by atoms with van der Waals surface area (Å²) >= 11 is 0. The molecule has 2 aromatic carbocycles. The number of nitrogens with zero attached hydrogens (tertiary/aromatic N) is 2. The number of aromatic nitrogens is 2. The van der Waals surface area contributed by atoms with Gasteiger partial charge in [0, 0.05) is 18.8 Å². The summed E-state index contributed by atoms with van der Waals surface area (Å²) in [5.41, 5.74) is 2.15. The number of benzene rings is 2. The minimum Gasteiger partial charge on any atom is -0.456 e. The number of imidazole rings is 1. The molecule has 3 rings (SSSR count). The number of nitrogens with one attached hydrogen (secondary N) is 1. The summed E-state index contributed by atoms with van der Waals surface area (Å²) < 4.78 is 21.8. The maximum Gasteiger partial charge on any atom is 0.329 e. The zero-order chi connectivity index (χ0) is 21.7. The van der Waals surface area contributed by atoms with E-state index < -0.39 is 24.3 Å². The predicted molar refractivity (Wildman–Crippen MR) is 112 cm³/mol. The predicted octanol–water partition coefficient (Wildman–Crippen LogP) is 3.23. The summed E-state index contributed by atoms with van der Waals surface area (Å²) in [6.07, 6.45) is 0.766. The number of anilines is 1. The second-order valence-corrected chi connectivity index (χ2v) is 7.00. The number of para-hydroxylation sites is 2. The average Bonchev–Trinajstić information content (AvgIpc) is 2.99. The van der Waals surface area contributed by atoms with Crippen LogP contribution in [0.15, 0.2) is 47.3 Å². The van der Waals surface area contributed by atoms with Gasteiger partial charge in [0.1, 0.15) is 5.82 Å². The highest BCUT2D eigenvalue weighted by molar-refractivity contribution is 5.92. The number of amides is 1. The normalized spacial score (nSPS) is 10.9. The van der Waals surface area contributed by atoms with Crippen LogP contribution in [-0.4, -0.2) is 27.6 Å². The van der Waals surface area contributed by atoms with Gasteiger partial charge in [-0.2, -0.15) is 0 Å². The van der Waals surface area contributed by atoms with Crippen LogP contribution in [0.4, 0.5) is 10.1 Å². The molecule has 1 heterocycles. The molecule has 30 heavy (non-hydrogen) atoms. The van der Waals surface area contributed by atoms with E-state index in [1.165, 1.54) is 6.07 Å². The molecule has 1 N–H and O–H groups in total. The molecule has 0 aliphatic rings. The second kappa shape index (κ2) is 9.39. The van der Waals surface area contributed by atoms with Gasteiger partial charge in [-0.3, -0.25) is 18.7 Å². The molecule has 1 aromatic heterocycles. The lowest BCUT2D eigenvalue weighted by molar-refractivity contribution is -0.147. The van der Waals surface area contributed by atoms with Gasteiger partial charge >= 0.3 is 11.7 Å². The average molecular weight is 413 g/mol. The third-order valence-electron chi connectivity index (χ3n) is 4.73. The van der Waals surface area contributed by atoms with Gasteiger partial charge in [-0.25, -0.2) is 9.18 Å². The van der Waals surface area contributed by atoms with Gasteiger partial charge < -0.3 is 10.1 Å². The van der Waals surface area contributed by atoms with Gasteiger partial charge in [0.25, 0.3) is 5.91 Å². The summed E-state index contributed by atoms with van der Waals surface area (Å²) in [6.45, 7) is 3.87. The van der Waals surface area contributed by atoms with Crippen molar-refractivity contribution < 1.29 is 18.7 Å². The maximum absolute atomic E-state index is 13.5. The van der Waals surface area contributed by atoms with Crippen molar-refractivity contribution in [2.75, 3.05) is 11.9 Å². The van der Waals surface area contributed by atoms with Crippen LogP contribution in [0.2, 0.25) is 0 Å². The second-order valence-electron chi connectivity index (χ2n) is 7.00. The first-order valence-electron chi connectivity index (χ1n) is 9.80. The van der Waals surface area contributed by atoms with Gasteiger partial charge in [-0.05, 0) is 43.2 Å². The lowest BCUT2D eigenvalue weighted by atomic mass is 10.2. The van der Waals surface area contributed by atoms with E-state index in [1.807, 2.05) is 31.2 Å². The molecule has 0 aliphatic carbocycles. The van der Waals surface area contributed by atoms with Crippen molar-refractivity contribution in [3.05, 3.63) is 64.3 Å². The first-order chi connectivity index (χ1) is 14.4. The van der Waals surface area contributed by atoms with Gasteiger partial charge in [0.15, 0.2) is 6.61 Å². The Kier molecular flexibility index (Phi) is 6.66. The molecule has 0 saturated carbocycles. The molecule has 0 spiro atoms. The van der Waals surface area contributed by atoms with Crippen molar-refractivity contribution in [2.24, 2.45) is 0 Å². The van der Waals surface area contributed by atoms with Crippen molar-refractivity contribution >= 4 is 28.6 Å². The van der Waals surface area contributed by atoms with Crippen LogP contribution in [0.3, 0.4) is 0 Å². The molecular weight excluding hydrogens is 389 g/mol. The topological polar surface area (TPSA) is 82.3 Å². The zero-order valence-corrected chi connectivity index (χ0v) is 17.0. The van der Waals surface area contributed by atoms with E-state index in [2.05, 4.69) is 5.32 Å². The van der Waals surface area contributed by atoms with E-state index in [0.717, 1.165) is 17.5 Å². The Labute approximate surface area is 173 Å². The fourth-order valence-corrected chi connectivity index (χ4v) is 3.22. The highest BCUT2D eigenvalue weighted by Gasteiger charge is 2.14. The largest absolute Gasteiger partial charge is 0.456 e. The third kappa shape index (κ3) is 4.76. The van der Waals surface area contributed by atoms with Gasteiger partial charge in [-0.15, -0.1) is 0 Å².